The molecule has 0 fully saturated rings. The van der Waals surface area contributed by atoms with Gasteiger partial charge in [-0.1, -0.05) is 54.0 Å². The third-order valence-corrected chi connectivity index (χ3v) is 3.66. The molecule has 0 bridgehead atoms. The number of nitrogens with zero attached hydrogens (tertiary/aromatic N) is 1. The number of benzene rings is 2. The normalized spacial score (nSPS) is 12.8. The Balaban J connectivity index is 0.000000774. The fourth-order valence-electron chi connectivity index (χ4n) is 2.18. The van der Waals surface area contributed by atoms with Crippen molar-refractivity contribution in [1.82, 2.24) is 0 Å². The molecule has 1 aliphatic rings. The fourth-order valence-corrected chi connectivity index (χ4v) is 2.44. The van der Waals surface area contributed by atoms with E-state index >= 15 is 0 Å². The molecule has 0 aromatic heterocycles. The van der Waals surface area contributed by atoms with E-state index in [1.54, 1.807) is 18.2 Å². The molecule has 2 aromatic rings. The molecule has 0 atom stereocenters. The zero-order valence-corrected chi connectivity index (χ0v) is 13.6. The number of carbonyl (C=O) groups is 2. The number of ketones is 1. The number of para-hydroxylation sites is 1. The lowest BCUT2D eigenvalue weighted by Gasteiger charge is -2.16. The van der Waals surface area contributed by atoms with Crippen LogP contribution in [0.25, 0.3) is 0 Å². The summed E-state index contributed by atoms with van der Waals surface area (Å²) in [6.07, 6.45) is 0. The van der Waals surface area contributed by atoms with Gasteiger partial charge < -0.3 is 4.90 Å². The number of rotatable bonds is 2. The maximum Gasteiger partial charge on any atom is 0.299 e. The smallest absolute Gasteiger partial charge is 0.299 e. The van der Waals surface area contributed by atoms with Gasteiger partial charge in [-0.25, -0.2) is 0 Å². The third-order valence-electron chi connectivity index (χ3n) is 3.13. The van der Waals surface area contributed by atoms with Crippen molar-refractivity contribution < 1.29 is 9.59 Å². The quantitative estimate of drug-likeness (QED) is 0.764. The van der Waals surface area contributed by atoms with Crippen LogP contribution in [0.1, 0.15) is 29.8 Å². The minimum atomic E-state index is -0.455. The van der Waals surface area contributed by atoms with Crippen LogP contribution in [0.2, 0.25) is 0 Å². The predicted molar refractivity (Wildman–Crippen MR) is 87.5 cm³/mol. The molecular formula is C17H16BrNO2. The number of Topliss-reactive ketones (excluding diaryl/α,β-unsaturated/α-hetero) is 1. The first-order valence-corrected chi connectivity index (χ1v) is 7.66. The number of fused-ring (bicyclic) bond motifs is 1. The maximum atomic E-state index is 12.0. The first kappa shape index (κ1) is 15.4. The summed E-state index contributed by atoms with van der Waals surface area (Å²) in [6.45, 7) is 4.41. The molecule has 1 aliphatic heterocycles. The maximum absolute atomic E-state index is 12.0. The Morgan fingerprint density at radius 1 is 0.952 bits per heavy atom. The van der Waals surface area contributed by atoms with Crippen molar-refractivity contribution in [2.45, 2.75) is 20.4 Å². The average molecular weight is 346 g/mol. The summed E-state index contributed by atoms with van der Waals surface area (Å²) in [5, 5.41) is 0. The predicted octanol–water partition coefficient (Wildman–Crippen LogP) is 4.20. The molecule has 0 spiro atoms. The van der Waals surface area contributed by atoms with E-state index in [0.29, 0.717) is 17.8 Å². The van der Waals surface area contributed by atoms with E-state index in [2.05, 4.69) is 15.9 Å². The summed E-state index contributed by atoms with van der Waals surface area (Å²) in [4.78, 5) is 25.4. The molecule has 21 heavy (non-hydrogen) atoms. The minimum Gasteiger partial charge on any atom is -0.300 e. The van der Waals surface area contributed by atoms with Crippen LogP contribution >= 0.6 is 15.9 Å². The highest BCUT2D eigenvalue weighted by atomic mass is 79.9. The van der Waals surface area contributed by atoms with E-state index in [9.17, 15) is 9.59 Å². The molecular weight excluding hydrogens is 330 g/mol. The number of hydrogen-bond acceptors (Lipinski definition) is 2. The largest absolute Gasteiger partial charge is 0.300 e. The number of anilines is 1. The van der Waals surface area contributed by atoms with Crippen molar-refractivity contribution >= 4 is 33.3 Å². The van der Waals surface area contributed by atoms with Gasteiger partial charge in [-0.2, -0.15) is 0 Å². The van der Waals surface area contributed by atoms with E-state index in [0.717, 1.165) is 10.0 Å². The van der Waals surface area contributed by atoms with Gasteiger partial charge in [0.2, 0.25) is 0 Å². The minimum absolute atomic E-state index is 0.412. The Bertz CT molecular complexity index is 665. The van der Waals surface area contributed by atoms with Gasteiger partial charge in [0.15, 0.2) is 0 Å². The number of halogens is 1. The van der Waals surface area contributed by atoms with Crippen LogP contribution in [0.15, 0.2) is 53.0 Å². The lowest BCUT2D eigenvalue weighted by atomic mass is 10.1. The fraction of sp³-hybridized carbons (Fsp3) is 0.176. The molecule has 0 saturated carbocycles. The SMILES string of the molecule is CC.O=C1C(=O)N(Cc2ccc(Br)cc2)c2ccccc21. The zero-order chi connectivity index (χ0) is 15.4. The van der Waals surface area contributed by atoms with Gasteiger partial charge in [0.25, 0.3) is 11.7 Å². The Morgan fingerprint density at radius 2 is 1.57 bits per heavy atom. The summed E-state index contributed by atoms with van der Waals surface area (Å²) >= 11 is 3.37. The van der Waals surface area contributed by atoms with Crippen LogP contribution in [0.5, 0.6) is 0 Å². The van der Waals surface area contributed by atoms with Crippen LogP contribution in [0, 0.1) is 0 Å². The molecule has 0 radical (unpaired) electrons. The van der Waals surface area contributed by atoms with E-state index in [1.165, 1.54) is 4.90 Å². The van der Waals surface area contributed by atoms with Crippen molar-refractivity contribution in [2.24, 2.45) is 0 Å². The highest BCUT2D eigenvalue weighted by Crippen LogP contribution is 2.30. The summed E-state index contributed by atoms with van der Waals surface area (Å²) in [5.41, 5.74) is 2.17. The summed E-state index contributed by atoms with van der Waals surface area (Å²) in [5.74, 6) is -0.878. The second kappa shape index (κ2) is 6.68. The van der Waals surface area contributed by atoms with Crippen LogP contribution in [0.3, 0.4) is 0 Å². The molecule has 0 unspecified atom stereocenters. The van der Waals surface area contributed by atoms with Crippen LogP contribution in [0.4, 0.5) is 5.69 Å². The van der Waals surface area contributed by atoms with Crippen molar-refractivity contribution in [3.63, 3.8) is 0 Å². The molecule has 4 heteroatoms. The average Bonchev–Trinajstić information content (AvgIpc) is 2.77. The second-order valence-corrected chi connectivity index (χ2v) is 5.28. The molecule has 0 N–H and O–H groups in total. The molecule has 1 amide bonds. The van der Waals surface area contributed by atoms with Gasteiger partial charge in [-0.15, -0.1) is 0 Å². The van der Waals surface area contributed by atoms with Crippen molar-refractivity contribution in [3.05, 3.63) is 64.1 Å². The van der Waals surface area contributed by atoms with Gasteiger partial charge in [-0.05, 0) is 29.8 Å². The molecule has 0 aliphatic carbocycles. The third kappa shape index (κ3) is 3.05. The standard InChI is InChI=1S/C15H10BrNO2.C2H6/c16-11-7-5-10(6-8-11)9-17-13-4-2-1-3-12(13)14(18)15(17)19;1-2/h1-8H,9H2;1-2H3. The van der Waals surface area contributed by atoms with E-state index in [4.69, 9.17) is 0 Å². The summed E-state index contributed by atoms with van der Waals surface area (Å²) < 4.78 is 0.987. The second-order valence-electron chi connectivity index (χ2n) is 4.36. The van der Waals surface area contributed by atoms with Crippen LogP contribution in [-0.2, 0) is 11.3 Å². The lowest BCUT2D eigenvalue weighted by molar-refractivity contribution is -0.114. The topological polar surface area (TPSA) is 37.4 Å². The van der Waals surface area contributed by atoms with Gasteiger partial charge in [-0.3, -0.25) is 9.59 Å². The molecule has 0 saturated heterocycles. The number of amides is 1. The van der Waals surface area contributed by atoms with Crippen LogP contribution < -0.4 is 4.90 Å². The Labute approximate surface area is 132 Å². The van der Waals surface area contributed by atoms with E-state index in [-0.39, 0.29) is 0 Å². The van der Waals surface area contributed by atoms with Gasteiger partial charge >= 0.3 is 0 Å². The zero-order valence-electron chi connectivity index (χ0n) is 12.0. The molecule has 1 heterocycles. The number of hydrogen-bond donors (Lipinski definition) is 0. The highest BCUT2D eigenvalue weighted by Gasteiger charge is 2.35. The lowest BCUT2D eigenvalue weighted by Crippen LogP contribution is -2.29. The van der Waals surface area contributed by atoms with Gasteiger partial charge in [0.1, 0.15) is 0 Å². The first-order valence-electron chi connectivity index (χ1n) is 6.86. The number of carbonyl (C=O) groups excluding carboxylic acids is 2. The van der Waals surface area contributed by atoms with E-state index < -0.39 is 11.7 Å². The molecule has 108 valence electrons. The summed E-state index contributed by atoms with van der Waals surface area (Å²) in [6, 6.07) is 14.8. The Kier molecular flexibility index (Phi) is 4.91. The monoisotopic (exact) mass is 345 g/mol. The Morgan fingerprint density at radius 3 is 2.24 bits per heavy atom. The van der Waals surface area contributed by atoms with Crippen molar-refractivity contribution in [1.29, 1.82) is 0 Å². The molecule has 3 rings (SSSR count). The van der Waals surface area contributed by atoms with E-state index in [1.807, 2.05) is 44.2 Å². The molecule has 3 nitrogen and oxygen atoms in total. The van der Waals surface area contributed by atoms with Gasteiger partial charge in [0, 0.05) is 4.47 Å². The first-order chi connectivity index (χ1) is 10.2. The van der Waals surface area contributed by atoms with Gasteiger partial charge in [0.05, 0.1) is 17.8 Å². The summed E-state index contributed by atoms with van der Waals surface area (Å²) in [7, 11) is 0. The molecule has 2 aromatic carbocycles. The van der Waals surface area contributed by atoms with Crippen molar-refractivity contribution in [2.75, 3.05) is 4.90 Å². The van der Waals surface area contributed by atoms with Crippen LogP contribution in [-0.4, -0.2) is 11.7 Å². The Hall–Kier alpha value is -1.94. The highest BCUT2D eigenvalue weighted by molar-refractivity contribution is 9.10. The van der Waals surface area contributed by atoms with Crippen molar-refractivity contribution in [3.8, 4) is 0 Å².